The van der Waals surface area contributed by atoms with Crippen LogP contribution in [0.1, 0.15) is 19.7 Å². The van der Waals surface area contributed by atoms with Gasteiger partial charge in [0, 0.05) is 0 Å². The smallest absolute Gasteiger partial charge is 0.337 e. The van der Waals surface area contributed by atoms with Crippen LogP contribution in [0.5, 0.6) is 0 Å². The lowest BCUT2D eigenvalue weighted by molar-refractivity contribution is 0.0601. The second kappa shape index (κ2) is 4.77. The van der Waals surface area contributed by atoms with Gasteiger partial charge in [0.1, 0.15) is 0 Å². The third-order valence-corrected chi connectivity index (χ3v) is 2.64. The van der Waals surface area contributed by atoms with Gasteiger partial charge in [-0.1, -0.05) is 44.0 Å². The Labute approximate surface area is 93.5 Å². The number of benzene rings is 1. The number of alkyl halides is 2. The summed E-state index contributed by atoms with van der Waals surface area (Å²) < 4.78 is 4.69. The van der Waals surface area contributed by atoms with Gasteiger partial charge in [0.15, 0.2) is 0 Å². The lowest BCUT2D eigenvalue weighted by Crippen LogP contribution is -2.00. The molecule has 0 radical (unpaired) electrons. The van der Waals surface area contributed by atoms with Gasteiger partial charge in [-0.15, -0.1) is 0 Å². The van der Waals surface area contributed by atoms with Crippen LogP contribution in [0.4, 0.5) is 0 Å². The van der Waals surface area contributed by atoms with E-state index in [1.54, 1.807) is 12.1 Å². The van der Waals surface area contributed by atoms with Crippen molar-refractivity contribution in [3.05, 3.63) is 35.4 Å². The van der Waals surface area contributed by atoms with E-state index in [2.05, 4.69) is 36.6 Å². The standard InChI is InChI=1S/C9H8Br2O2/c1-13-9(12)7-4-2-6(3-5-7)8(10)11/h2-5,8H,1H3. The molecule has 0 aromatic heterocycles. The molecule has 4 heteroatoms. The third kappa shape index (κ3) is 2.81. The summed E-state index contributed by atoms with van der Waals surface area (Å²) in [5.74, 6) is -0.313. The average Bonchev–Trinajstić information content (AvgIpc) is 2.17. The molecule has 1 aromatic rings. The second-order valence-corrected chi connectivity index (χ2v) is 5.47. The van der Waals surface area contributed by atoms with Gasteiger partial charge in [-0.2, -0.15) is 0 Å². The minimum absolute atomic E-state index is 0.117. The maximum absolute atomic E-state index is 11.0. The first-order chi connectivity index (χ1) is 6.15. The Bertz CT molecular complexity index is 293. The maximum Gasteiger partial charge on any atom is 0.337 e. The highest BCUT2D eigenvalue weighted by Gasteiger charge is 2.06. The molecular weight excluding hydrogens is 300 g/mol. The molecule has 70 valence electrons. The number of halogens is 2. The lowest BCUT2D eigenvalue weighted by atomic mass is 10.1. The van der Waals surface area contributed by atoms with Crippen molar-refractivity contribution < 1.29 is 9.53 Å². The summed E-state index contributed by atoms with van der Waals surface area (Å²) in [6.45, 7) is 0. The van der Waals surface area contributed by atoms with Crippen LogP contribution in [0.3, 0.4) is 0 Å². The normalized spacial score (nSPS) is 10.2. The van der Waals surface area contributed by atoms with E-state index in [9.17, 15) is 4.79 Å². The lowest BCUT2D eigenvalue weighted by Gasteiger charge is -2.02. The number of methoxy groups -OCH3 is 1. The number of ether oxygens (including phenoxy) is 1. The molecule has 0 bridgehead atoms. The highest BCUT2D eigenvalue weighted by Crippen LogP contribution is 2.28. The molecule has 0 N–H and O–H groups in total. The summed E-state index contributed by atoms with van der Waals surface area (Å²) in [6.07, 6.45) is 0. The van der Waals surface area contributed by atoms with Crippen molar-refractivity contribution >= 4 is 37.8 Å². The first-order valence-corrected chi connectivity index (χ1v) is 5.44. The molecular formula is C9H8Br2O2. The van der Waals surface area contributed by atoms with Crippen molar-refractivity contribution in [2.45, 2.75) is 3.74 Å². The number of rotatable bonds is 2. The SMILES string of the molecule is COC(=O)c1ccc(C(Br)Br)cc1. The quantitative estimate of drug-likeness (QED) is 0.619. The Hall–Kier alpha value is -0.350. The first-order valence-electron chi connectivity index (χ1n) is 3.61. The van der Waals surface area contributed by atoms with E-state index in [0.29, 0.717) is 5.56 Å². The number of carbonyl (C=O) groups excluding carboxylic acids is 1. The Kier molecular flexibility index (Phi) is 3.93. The molecule has 0 aliphatic carbocycles. The monoisotopic (exact) mass is 306 g/mol. The largest absolute Gasteiger partial charge is 0.465 e. The Morgan fingerprint density at radius 2 is 1.85 bits per heavy atom. The fourth-order valence-electron chi connectivity index (χ4n) is 0.883. The minimum atomic E-state index is -0.313. The van der Waals surface area contributed by atoms with Crippen molar-refractivity contribution in [1.82, 2.24) is 0 Å². The number of hydrogen-bond donors (Lipinski definition) is 0. The molecule has 0 amide bonds. The van der Waals surface area contributed by atoms with Gasteiger partial charge in [-0.05, 0) is 17.7 Å². The summed E-state index contributed by atoms with van der Waals surface area (Å²) in [5, 5.41) is 0. The average molecular weight is 308 g/mol. The third-order valence-electron chi connectivity index (χ3n) is 1.58. The molecule has 1 aromatic carbocycles. The zero-order valence-corrected chi connectivity index (χ0v) is 10.1. The second-order valence-electron chi connectivity index (χ2n) is 2.41. The van der Waals surface area contributed by atoms with Crippen molar-refractivity contribution in [3.8, 4) is 0 Å². The van der Waals surface area contributed by atoms with Crippen LogP contribution >= 0.6 is 31.9 Å². The van der Waals surface area contributed by atoms with Gasteiger partial charge < -0.3 is 4.74 Å². The van der Waals surface area contributed by atoms with E-state index in [1.165, 1.54) is 7.11 Å². The van der Waals surface area contributed by atoms with E-state index in [-0.39, 0.29) is 9.71 Å². The van der Waals surface area contributed by atoms with E-state index in [0.717, 1.165) is 5.56 Å². The van der Waals surface area contributed by atoms with E-state index < -0.39 is 0 Å². The van der Waals surface area contributed by atoms with Crippen LogP contribution in [0.2, 0.25) is 0 Å². The van der Waals surface area contributed by atoms with Gasteiger partial charge in [0.25, 0.3) is 0 Å². The van der Waals surface area contributed by atoms with Gasteiger partial charge >= 0.3 is 5.97 Å². The molecule has 0 fully saturated rings. The summed E-state index contributed by atoms with van der Waals surface area (Å²) >= 11 is 6.72. The summed E-state index contributed by atoms with van der Waals surface area (Å²) in [5.41, 5.74) is 1.62. The molecule has 0 unspecified atom stereocenters. The van der Waals surface area contributed by atoms with Crippen LogP contribution < -0.4 is 0 Å². The summed E-state index contributed by atoms with van der Waals surface area (Å²) in [6, 6.07) is 7.19. The molecule has 13 heavy (non-hydrogen) atoms. The molecule has 0 spiro atoms. The molecule has 2 nitrogen and oxygen atoms in total. The Morgan fingerprint density at radius 3 is 2.23 bits per heavy atom. The molecule has 0 atom stereocenters. The molecule has 0 saturated heterocycles. The van der Waals surface area contributed by atoms with Crippen molar-refractivity contribution in [3.63, 3.8) is 0 Å². The first kappa shape index (κ1) is 10.7. The minimum Gasteiger partial charge on any atom is -0.465 e. The molecule has 0 aliphatic rings. The van der Waals surface area contributed by atoms with Crippen LogP contribution in [0.15, 0.2) is 24.3 Å². The molecule has 0 saturated carbocycles. The highest BCUT2D eigenvalue weighted by molar-refractivity contribution is 9.24. The maximum atomic E-state index is 11.0. The number of esters is 1. The zero-order valence-electron chi connectivity index (χ0n) is 6.96. The van der Waals surface area contributed by atoms with E-state index in [1.807, 2.05) is 12.1 Å². The summed E-state index contributed by atoms with van der Waals surface area (Å²) in [4.78, 5) is 11.0. The zero-order chi connectivity index (χ0) is 9.84. The molecule has 0 heterocycles. The number of carbonyl (C=O) groups is 1. The van der Waals surface area contributed by atoms with Crippen molar-refractivity contribution in [2.75, 3.05) is 7.11 Å². The molecule has 0 aliphatic heterocycles. The van der Waals surface area contributed by atoms with Gasteiger partial charge in [0.2, 0.25) is 0 Å². The van der Waals surface area contributed by atoms with Crippen molar-refractivity contribution in [1.29, 1.82) is 0 Å². The fourth-order valence-corrected chi connectivity index (χ4v) is 1.49. The highest BCUT2D eigenvalue weighted by atomic mass is 79.9. The summed E-state index contributed by atoms with van der Waals surface area (Å²) in [7, 11) is 1.37. The molecule has 1 rings (SSSR count). The topological polar surface area (TPSA) is 26.3 Å². The van der Waals surface area contributed by atoms with E-state index in [4.69, 9.17) is 0 Å². The van der Waals surface area contributed by atoms with Crippen LogP contribution in [0, 0.1) is 0 Å². The predicted octanol–water partition coefficient (Wildman–Crippen LogP) is 3.26. The Balaban J connectivity index is 2.87. The van der Waals surface area contributed by atoms with Crippen LogP contribution in [-0.4, -0.2) is 13.1 Å². The number of hydrogen-bond acceptors (Lipinski definition) is 2. The Morgan fingerprint density at radius 1 is 1.31 bits per heavy atom. The van der Waals surface area contributed by atoms with E-state index >= 15 is 0 Å². The van der Waals surface area contributed by atoms with Gasteiger partial charge in [-0.3, -0.25) is 0 Å². The van der Waals surface area contributed by atoms with Gasteiger partial charge in [0.05, 0.1) is 16.4 Å². The van der Waals surface area contributed by atoms with Crippen LogP contribution in [0.25, 0.3) is 0 Å². The fraction of sp³-hybridized carbons (Fsp3) is 0.222. The predicted molar refractivity (Wildman–Crippen MR) is 58.4 cm³/mol. The van der Waals surface area contributed by atoms with Crippen molar-refractivity contribution in [2.24, 2.45) is 0 Å². The van der Waals surface area contributed by atoms with Crippen LogP contribution in [-0.2, 0) is 4.74 Å². The van der Waals surface area contributed by atoms with Gasteiger partial charge in [-0.25, -0.2) is 4.79 Å².